The van der Waals surface area contributed by atoms with Gasteiger partial charge in [0.15, 0.2) is 0 Å². The van der Waals surface area contributed by atoms with Gasteiger partial charge in [0.05, 0.1) is 0 Å². The number of nitrogens with one attached hydrogen (secondary N) is 1. The summed E-state index contributed by atoms with van der Waals surface area (Å²) >= 11 is 0. The number of rotatable bonds is 7. The Labute approximate surface area is 129 Å². The first-order chi connectivity index (χ1) is 10.5. The van der Waals surface area contributed by atoms with Crippen molar-refractivity contribution < 1.29 is 19.5 Å². The molecule has 1 aromatic rings. The molecule has 0 radical (unpaired) electrons. The van der Waals surface area contributed by atoms with Crippen molar-refractivity contribution in [2.75, 3.05) is 6.54 Å². The highest BCUT2D eigenvalue weighted by Gasteiger charge is 2.52. The van der Waals surface area contributed by atoms with Gasteiger partial charge in [-0.25, -0.2) is 4.79 Å². The molecule has 1 aliphatic heterocycles. The molecule has 0 bridgehead atoms. The summed E-state index contributed by atoms with van der Waals surface area (Å²) in [7, 11) is 0. The standard InChI is InChI=1S/C16H20N2O4/c1-2-16(12-8-4-3-5-9-12)14(21)17-15(22)18(16)11-7-6-10-13(19)20/h3-5,8-9H,2,6-7,10-11H2,1H3,(H,19,20)(H,17,21,22). The molecule has 1 fully saturated rings. The number of carboxylic acids is 1. The molecule has 0 saturated carbocycles. The van der Waals surface area contributed by atoms with Crippen LogP contribution in [0.15, 0.2) is 30.3 Å². The van der Waals surface area contributed by atoms with Crippen molar-refractivity contribution in [1.82, 2.24) is 10.2 Å². The predicted molar refractivity (Wildman–Crippen MR) is 80.1 cm³/mol. The Kier molecular flexibility index (Phi) is 4.80. The molecule has 118 valence electrons. The molecule has 2 rings (SSSR count). The third-order valence-electron chi connectivity index (χ3n) is 4.09. The van der Waals surface area contributed by atoms with Crippen molar-refractivity contribution >= 4 is 17.9 Å². The summed E-state index contributed by atoms with van der Waals surface area (Å²) in [6, 6.07) is 8.80. The lowest BCUT2D eigenvalue weighted by atomic mass is 9.85. The molecule has 1 aliphatic rings. The molecule has 0 spiro atoms. The van der Waals surface area contributed by atoms with Crippen LogP contribution in [0.1, 0.15) is 38.2 Å². The Balaban J connectivity index is 2.23. The molecular weight excluding hydrogens is 284 g/mol. The topological polar surface area (TPSA) is 86.7 Å². The van der Waals surface area contributed by atoms with Crippen molar-refractivity contribution in [2.24, 2.45) is 0 Å². The van der Waals surface area contributed by atoms with Crippen LogP contribution in [0.25, 0.3) is 0 Å². The molecule has 6 nitrogen and oxygen atoms in total. The monoisotopic (exact) mass is 304 g/mol. The Hall–Kier alpha value is -2.37. The molecule has 1 saturated heterocycles. The molecule has 3 amide bonds. The third kappa shape index (κ3) is 2.81. The molecule has 2 N–H and O–H groups in total. The average Bonchev–Trinajstić information content (AvgIpc) is 2.75. The normalized spacial score (nSPS) is 21.0. The highest BCUT2D eigenvalue weighted by Crippen LogP contribution is 2.36. The lowest BCUT2D eigenvalue weighted by Crippen LogP contribution is -2.46. The zero-order valence-electron chi connectivity index (χ0n) is 12.5. The number of carbonyl (C=O) groups excluding carboxylic acids is 2. The van der Waals surface area contributed by atoms with Crippen LogP contribution in [0.4, 0.5) is 4.79 Å². The molecule has 22 heavy (non-hydrogen) atoms. The van der Waals surface area contributed by atoms with Gasteiger partial charge in [-0.05, 0) is 24.8 Å². The van der Waals surface area contributed by atoms with Crippen molar-refractivity contribution in [2.45, 2.75) is 38.1 Å². The molecule has 1 unspecified atom stereocenters. The second-order valence-corrected chi connectivity index (χ2v) is 5.34. The summed E-state index contributed by atoms with van der Waals surface area (Å²) in [5.74, 6) is -1.17. The number of amides is 3. The lowest BCUT2D eigenvalue weighted by Gasteiger charge is -2.35. The summed E-state index contributed by atoms with van der Waals surface area (Å²) < 4.78 is 0. The van der Waals surface area contributed by atoms with Crippen molar-refractivity contribution in [3.05, 3.63) is 35.9 Å². The van der Waals surface area contributed by atoms with E-state index in [4.69, 9.17) is 5.11 Å². The van der Waals surface area contributed by atoms with Gasteiger partial charge in [0.25, 0.3) is 5.91 Å². The molecule has 0 aromatic heterocycles. The number of urea groups is 1. The second kappa shape index (κ2) is 6.60. The maximum absolute atomic E-state index is 12.4. The average molecular weight is 304 g/mol. The summed E-state index contributed by atoms with van der Waals surface area (Å²) in [6.45, 7) is 2.23. The number of benzene rings is 1. The van der Waals surface area contributed by atoms with E-state index in [0.29, 0.717) is 25.8 Å². The van der Waals surface area contributed by atoms with Crippen LogP contribution in [0.2, 0.25) is 0 Å². The van der Waals surface area contributed by atoms with Crippen LogP contribution in [-0.4, -0.2) is 34.5 Å². The molecule has 1 heterocycles. The summed E-state index contributed by atoms with van der Waals surface area (Å²) in [5.41, 5.74) is -0.222. The van der Waals surface area contributed by atoms with E-state index in [-0.39, 0.29) is 12.3 Å². The zero-order valence-corrected chi connectivity index (χ0v) is 12.5. The first kappa shape index (κ1) is 16.0. The van der Waals surface area contributed by atoms with E-state index in [1.165, 1.54) is 4.90 Å². The van der Waals surface area contributed by atoms with Gasteiger partial charge < -0.3 is 10.0 Å². The molecule has 1 aromatic carbocycles. The van der Waals surface area contributed by atoms with E-state index in [1.54, 1.807) is 0 Å². The van der Waals surface area contributed by atoms with Crippen molar-refractivity contribution in [3.63, 3.8) is 0 Å². The number of hydrogen-bond donors (Lipinski definition) is 2. The zero-order chi connectivity index (χ0) is 16.2. The number of imide groups is 1. The fourth-order valence-corrected chi connectivity index (χ4v) is 2.96. The highest BCUT2D eigenvalue weighted by atomic mass is 16.4. The van der Waals surface area contributed by atoms with Gasteiger partial charge in [0.1, 0.15) is 5.54 Å². The smallest absolute Gasteiger partial charge is 0.325 e. The van der Waals surface area contributed by atoms with E-state index in [9.17, 15) is 14.4 Å². The van der Waals surface area contributed by atoms with Gasteiger partial charge in [-0.3, -0.25) is 14.9 Å². The number of nitrogens with zero attached hydrogens (tertiary/aromatic N) is 1. The van der Waals surface area contributed by atoms with Crippen LogP contribution < -0.4 is 5.32 Å². The van der Waals surface area contributed by atoms with Crippen LogP contribution in [0.5, 0.6) is 0 Å². The summed E-state index contributed by atoms with van der Waals surface area (Å²) in [4.78, 5) is 36.7. The van der Waals surface area contributed by atoms with Gasteiger partial charge in [-0.2, -0.15) is 0 Å². The number of hydrogen-bond acceptors (Lipinski definition) is 3. The van der Waals surface area contributed by atoms with Crippen LogP contribution in [-0.2, 0) is 15.1 Å². The maximum atomic E-state index is 12.4. The van der Waals surface area contributed by atoms with Crippen LogP contribution in [0, 0.1) is 0 Å². The molecule has 6 heteroatoms. The van der Waals surface area contributed by atoms with Gasteiger partial charge in [-0.15, -0.1) is 0 Å². The van der Waals surface area contributed by atoms with E-state index in [0.717, 1.165) is 5.56 Å². The number of unbranched alkanes of at least 4 members (excludes halogenated alkanes) is 1. The van der Waals surface area contributed by atoms with Crippen LogP contribution in [0.3, 0.4) is 0 Å². The van der Waals surface area contributed by atoms with Gasteiger partial charge in [0.2, 0.25) is 0 Å². The third-order valence-corrected chi connectivity index (χ3v) is 4.09. The Bertz CT molecular complexity index is 573. The first-order valence-corrected chi connectivity index (χ1v) is 7.42. The van der Waals surface area contributed by atoms with E-state index in [2.05, 4.69) is 5.32 Å². The number of carbonyl (C=O) groups is 3. The lowest BCUT2D eigenvalue weighted by molar-refractivity contribution is -0.137. The molecule has 1 atom stereocenters. The minimum absolute atomic E-state index is 0.0634. The Morgan fingerprint density at radius 2 is 1.91 bits per heavy atom. The van der Waals surface area contributed by atoms with E-state index < -0.39 is 17.5 Å². The quantitative estimate of drug-likeness (QED) is 0.596. The van der Waals surface area contributed by atoms with Gasteiger partial charge in [-0.1, -0.05) is 37.3 Å². The van der Waals surface area contributed by atoms with Crippen molar-refractivity contribution in [3.8, 4) is 0 Å². The minimum atomic E-state index is -0.998. The van der Waals surface area contributed by atoms with Crippen molar-refractivity contribution in [1.29, 1.82) is 0 Å². The van der Waals surface area contributed by atoms with E-state index in [1.807, 2.05) is 37.3 Å². The largest absolute Gasteiger partial charge is 0.481 e. The predicted octanol–water partition coefficient (Wildman–Crippen LogP) is 2.10. The van der Waals surface area contributed by atoms with E-state index >= 15 is 0 Å². The van der Waals surface area contributed by atoms with Gasteiger partial charge >= 0.3 is 12.0 Å². The molecular formula is C16H20N2O4. The summed E-state index contributed by atoms with van der Waals surface area (Å²) in [5, 5.41) is 11.1. The SMILES string of the molecule is CCC1(c2ccccc2)C(=O)NC(=O)N1CCCCC(=O)O. The fourth-order valence-electron chi connectivity index (χ4n) is 2.96. The first-order valence-electron chi connectivity index (χ1n) is 7.42. The second-order valence-electron chi connectivity index (χ2n) is 5.34. The Morgan fingerprint density at radius 3 is 2.50 bits per heavy atom. The van der Waals surface area contributed by atoms with Crippen LogP contribution >= 0.6 is 0 Å². The van der Waals surface area contributed by atoms with Gasteiger partial charge in [0, 0.05) is 13.0 Å². The number of carboxylic acid groups (broad SMARTS) is 1. The summed E-state index contributed by atoms with van der Waals surface area (Å²) in [6.07, 6.45) is 1.55. The Morgan fingerprint density at radius 1 is 1.23 bits per heavy atom. The molecule has 0 aliphatic carbocycles. The highest BCUT2D eigenvalue weighted by molar-refractivity contribution is 6.07. The minimum Gasteiger partial charge on any atom is -0.481 e. The number of aliphatic carboxylic acids is 1. The fraction of sp³-hybridized carbons (Fsp3) is 0.438. The maximum Gasteiger partial charge on any atom is 0.325 e.